The third kappa shape index (κ3) is 3.23. The van der Waals surface area contributed by atoms with Crippen LogP contribution in [0.15, 0.2) is 53.4 Å². The summed E-state index contributed by atoms with van der Waals surface area (Å²) < 4.78 is 31.2. The van der Waals surface area contributed by atoms with Crippen LogP contribution >= 0.6 is 0 Å². The summed E-state index contributed by atoms with van der Waals surface area (Å²) in [4.78, 5) is 11.8. The molecule has 0 radical (unpaired) electrons. The van der Waals surface area contributed by atoms with Gasteiger partial charge in [-0.05, 0) is 42.8 Å². The van der Waals surface area contributed by atoms with Crippen LogP contribution in [0.4, 0.5) is 5.69 Å². The first-order chi connectivity index (χ1) is 9.38. The van der Waals surface area contributed by atoms with Gasteiger partial charge in [-0.25, -0.2) is 0 Å². The summed E-state index contributed by atoms with van der Waals surface area (Å²) in [6.45, 7) is 1.54. The summed E-state index contributed by atoms with van der Waals surface area (Å²) in [6.07, 6.45) is 0. The molecule has 0 aliphatic rings. The molecule has 0 aliphatic carbocycles. The number of carbonyl (C=O) groups is 1. The molecule has 2 aromatic carbocycles. The van der Waals surface area contributed by atoms with Crippen LogP contribution in [0.3, 0.4) is 0 Å². The molecular weight excluding hydrogens is 278 g/mol. The zero-order valence-electron chi connectivity index (χ0n) is 10.7. The summed E-state index contributed by atoms with van der Waals surface area (Å²) in [5, 5.41) is 2.66. The Morgan fingerprint density at radius 3 is 2.30 bits per heavy atom. The Hall–Kier alpha value is -2.18. The second-order valence-corrected chi connectivity index (χ2v) is 5.67. The van der Waals surface area contributed by atoms with Crippen molar-refractivity contribution in [1.82, 2.24) is 0 Å². The van der Waals surface area contributed by atoms with E-state index >= 15 is 0 Å². The van der Waals surface area contributed by atoms with Gasteiger partial charge >= 0.3 is 0 Å². The third-order valence-corrected chi connectivity index (χ3v) is 3.76. The maximum atomic E-state index is 11.9. The topological polar surface area (TPSA) is 83.5 Å². The van der Waals surface area contributed by atoms with Crippen molar-refractivity contribution < 1.29 is 17.8 Å². The first-order valence-electron chi connectivity index (χ1n) is 5.82. The standard InChI is InChI=1S/C14H13NO4S/c1-10-9-12(7-8-13(10)20(17,18)19)15-14(16)11-5-3-2-4-6-11/h2-9H,1H3,(H,15,16)(H,17,18,19). The van der Waals surface area contributed by atoms with Crippen LogP contribution in [0, 0.1) is 6.92 Å². The van der Waals surface area contributed by atoms with Gasteiger partial charge in [0.2, 0.25) is 0 Å². The molecule has 0 atom stereocenters. The van der Waals surface area contributed by atoms with Gasteiger partial charge in [0.1, 0.15) is 0 Å². The van der Waals surface area contributed by atoms with E-state index in [9.17, 15) is 13.2 Å². The van der Waals surface area contributed by atoms with E-state index < -0.39 is 10.1 Å². The number of anilines is 1. The van der Waals surface area contributed by atoms with Gasteiger partial charge in [-0.3, -0.25) is 9.35 Å². The van der Waals surface area contributed by atoms with Crippen LogP contribution < -0.4 is 5.32 Å². The minimum Gasteiger partial charge on any atom is -0.322 e. The molecule has 104 valence electrons. The number of rotatable bonds is 3. The number of hydrogen-bond acceptors (Lipinski definition) is 3. The summed E-state index contributed by atoms with van der Waals surface area (Å²) in [7, 11) is -4.24. The predicted octanol–water partition coefficient (Wildman–Crippen LogP) is 2.49. The molecule has 2 rings (SSSR count). The molecule has 2 N–H and O–H groups in total. The Morgan fingerprint density at radius 1 is 1.10 bits per heavy atom. The maximum absolute atomic E-state index is 11.9. The van der Waals surface area contributed by atoms with Crippen LogP contribution in [0.2, 0.25) is 0 Å². The SMILES string of the molecule is Cc1cc(NC(=O)c2ccccc2)ccc1S(=O)(=O)O. The van der Waals surface area contributed by atoms with Crippen molar-refractivity contribution in [3.8, 4) is 0 Å². The van der Waals surface area contributed by atoms with Crippen molar-refractivity contribution in [3.05, 3.63) is 59.7 Å². The highest BCUT2D eigenvalue weighted by atomic mass is 32.2. The van der Waals surface area contributed by atoms with Gasteiger partial charge in [0.15, 0.2) is 0 Å². The van der Waals surface area contributed by atoms with Crippen molar-refractivity contribution in [2.75, 3.05) is 5.32 Å². The minimum atomic E-state index is -4.24. The lowest BCUT2D eigenvalue weighted by atomic mass is 10.2. The molecule has 6 heteroatoms. The largest absolute Gasteiger partial charge is 0.322 e. The molecule has 0 bridgehead atoms. The van der Waals surface area contributed by atoms with E-state index in [0.717, 1.165) is 0 Å². The fourth-order valence-corrected chi connectivity index (χ4v) is 2.52. The monoisotopic (exact) mass is 291 g/mol. The molecule has 20 heavy (non-hydrogen) atoms. The van der Waals surface area contributed by atoms with Gasteiger partial charge in [-0.15, -0.1) is 0 Å². The highest BCUT2D eigenvalue weighted by Crippen LogP contribution is 2.19. The molecule has 0 aromatic heterocycles. The first kappa shape index (κ1) is 14.2. The van der Waals surface area contributed by atoms with Crippen molar-refractivity contribution in [1.29, 1.82) is 0 Å². The Labute approximate surface area is 117 Å². The van der Waals surface area contributed by atoms with Crippen molar-refractivity contribution in [2.24, 2.45) is 0 Å². The third-order valence-electron chi connectivity index (χ3n) is 2.75. The lowest BCUT2D eigenvalue weighted by Gasteiger charge is -2.08. The van der Waals surface area contributed by atoms with E-state index in [4.69, 9.17) is 4.55 Å². The zero-order valence-corrected chi connectivity index (χ0v) is 11.5. The van der Waals surface area contributed by atoms with E-state index in [2.05, 4.69) is 5.32 Å². The van der Waals surface area contributed by atoms with Gasteiger partial charge in [0.05, 0.1) is 4.90 Å². The molecule has 0 aliphatic heterocycles. The predicted molar refractivity (Wildman–Crippen MR) is 75.4 cm³/mol. The maximum Gasteiger partial charge on any atom is 0.294 e. The molecule has 0 saturated carbocycles. The van der Waals surface area contributed by atoms with Crippen molar-refractivity contribution >= 4 is 21.7 Å². The number of aryl methyl sites for hydroxylation is 1. The fourth-order valence-electron chi connectivity index (χ4n) is 1.81. The normalized spacial score (nSPS) is 11.1. The van der Waals surface area contributed by atoms with E-state index in [1.165, 1.54) is 18.2 Å². The highest BCUT2D eigenvalue weighted by Gasteiger charge is 2.14. The molecule has 0 fully saturated rings. The lowest BCUT2D eigenvalue weighted by Crippen LogP contribution is -2.12. The number of carbonyl (C=O) groups excluding carboxylic acids is 1. The van der Waals surface area contributed by atoms with E-state index in [1.54, 1.807) is 31.2 Å². The van der Waals surface area contributed by atoms with E-state index in [0.29, 0.717) is 16.8 Å². The number of nitrogens with one attached hydrogen (secondary N) is 1. The molecule has 1 amide bonds. The Balaban J connectivity index is 2.24. The quantitative estimate of drug-likeness (QED) is 0.851. The van der Waals surface area contributed by atoms with Crippen LogP contribution in [0.25, 0.3) is 0 Å². The van der Waals surface area contributed by atoms with E-state index in [1.807, 2.05) is 6.07 Å². The summed E-state index contributed by atoms with van der Waals surface area (Å²) in [5.41, 5.74) is 1.33. The van der Waals surface area contributed by atoms with Gasteiger partial charge in [0.25, 0.3) is 16.0 Å². The van der Waals surface area contributed by atoms with Crippen molar-refractivity contribution in [3.63, 3.8) is 0 Å². The second kappa shape index (κ2) is 5.44. The Bertz CT molecular complexity index is 739. The van der Waals surface area contributed by atoms with Gasteiger partial charge in [-0.1, -0.05) is 18.2 Å². The molecule has 0 heterocycles. The second-order valence-electron chi connectivity index (χ2n) is 4.28. The molecular formula is C14H13NO4S. The average molecular weight is 291 g/mol. The van der Waals surface area contributed by atoms with E-state index in [-0.39, 0.29) is 10.8 Å². The fraction of sp³-hybridized carbons (Fsp3) is 0.0714. The summed E-state index contributed by atoms with van der Waals surface area (Å²) in [5.74, 6) is -0.287. The highest BCUT2D eigenvalue weighted by molar-refractivity contribution is 7.85. The van der Waals surface area contributed by atoms with Gasteiger partial charge in [-0.2, -0.15) is 8.42 Å². The van der Waals surface area contributed by atoms with Crippen molar-refractivity contribution in [2.45, 2.75) is 11.8 Å². The first-order valence-corrected chi connectivity index (χ1v) is 7.26. The zero-order chi connectivity index (χ0) is 14.8. The molecule has 2 aromatic rings. The molecule has 0 unspecified atom stereocenters. The van der Waals surface area contributed by atoms with Crippen LogP contribution in [0.1, 0.15) is 15.9 Å². The smallest absolute Gasteiger partial charge is 0.294 e. The molecule has 0 spiro atoms. The summed E-state index contributed by atoms with van der Waals surface area (Å²) in [6, 6.07) is 12.8. The number of benzene rings is 2. The van der Waals surface area contributed by atoms with Crippen LogP contribution in [0.5, 0.6) is 0 Å². The minimum absolute atomic E-state index is 0.171. The number of amides is 1. The average Bonchev–Trinajstić information content (AvgIpc) is 2.38. The van der Waals surface area contributed by atoms with Gasteiger partial charge < -0.3 is 5.32 Å². The lowest BCUT2D eigenvalue weighted by molar-refractivity contribution is 0.102. The molecule has 5 nitrogen and oxygen atoms in total. The Kier molecular flexibility index (Phi) is 3.87. The van der Waals surface area contributed by atoms with Gasteiger partial charge in [0, 0.05) is 11.3 Å². The van der Waals surface area contributed by atoms with Crippen LogP contribution in [-0.4, -0.2) is 18.9 Å². The Morgan fingerprint density at radius 2 is 1.75 bits per heavy atom. The summed E-state index contributed by atoms with van der Waals surface area (Å²) >= 11 is 0. The van der Waals surface area contributed by atoms with Crippen LogP contribution in [-0.2, 0) is 10.1 Å². The molecule has 0 saturated heterocycles. The number of hydrogen-bond donors (Lipinski definition) is 2.